The van der Waals surface area contributed by atoms with E-state index >= 15 is 0 Å². The highest BCUT2D eigenvalue weighted by Gasteiger charge is 2.11. The third-order valence-corrected chi connectivity index (χ3v) is 4.11. The number of benzene rings is 1. The third kappa shape index (κ3) is 4.16. The van der Waals surface area contributed by atoms with Gasteiger partial charge in [-0.3, -0.25) is 0 Å². The Morgan fingerprint density at radius 2 is 2.00 bits per heavy atom. The Balaban J connectivity index is 1.95. The molecule has 8 heteroatoms. The van der Waals surface area contributed by atoms with Gasteiger partial charge in [0.25, 0.3) is 0 Å². The average Bonchev–Trinajstić information content (AvgIpc) is 2.98. The van der Waals surface area contributed by atoms with Crippen LogP contribution in [0.5, 0.6) is 11.5 Å². The molecule has 0 saturated heterocycles. The van der Waals surface area contributed by atoms with Crippen LogP contribution in [0.4, 0.5) is 5.69 Å². The second-order valence-electron chi connectivity index (χ2n) is 5.06. The SMILES string of the molecule is COc1ccc(N(C)C(=S)CCCc2nnnn2C)cc1OC. The number of aryl methyl sites for hydroxylation is 2. The molecule has 1 heterocycles. The van der Waals surface area contributed by atoms with Crippen LogP contribution >= 0.6 is 12.2 Å². The Morgan fingerprint density at radius 1 is 1.26 bits per heavy atom. The number of aromatic nitrogens is 4. The number of nitrogens with zero attached hydrogens (tertiary/aromatic N) is 5. The number of ether oxygens (including phenoxy) is 2. The van der Waals surface area contributed by atoms with Gasteiger partial charge < -0.3 is 14.4 Å². The minimum absolute atomic E-state index is 0.685. The van der Waals surface area contributed by atoms with E-state index in [1.807, 2.05) is 37.2 Å². The maximum absolute atomic E-state index is 5.52. The molecule has 0 saturated carbocycles. The van der Waals surface area contributed by atoms with Crippen LogP contribution in [0.1, 0.15) is 18.7 Å². The Labute approximate surface area is 141 Å². The fourth-order valence-corrected chi connectivity index (χ4v) is 2.45. The lowest BCUT2D eigenvalue weighted by Crippen LogP contribution is -2.24. The zero-order chi connectivity index (χ0) is 16.8. The number of rotatable bonds is 7. The number of thiocarbonyl (C=S) groups is 1. The topological polar surface area (TPSA) is 65.3 Å². The molecular weight excluding hydrogens is 314 g/mol. The minimum atomic E-state index is 0.685. The zero-order valence-corrected chi connectivity index (χ0v) is 14.6. The highest BCUT2D eigenvalue weighted by molar-refractivity contribution is 7.80. The monoisotopic (exact) mass is 335 g/mol. The van der Waals surface area contributed by atoms with Gasteiger partial charge in [0.1, 0.15) is 0 Å². The Morgan fingerprint density at radius 3 is 2.61 bits per heavy atom. The van der Waals surface area contributed by atoms with Gasteiger partial charge in [0.15, 0.2) is 17.3 Å². The van der Waals surface area contributed by atoms with Crippen molar-refractivity contribution >= 4 is 22.9 Å². The van der Waals surface area contributed by atoms with E-state index in [2.05, 4.69) is 15.5 Å². The smallest absolute Gasteiger partial charge is 0.162 e. The summed E-state index contributed by atoms with van der Waals surface area (Å²) in [7, 11) is 7.03. The van der Waals surface area contributed by atoms with Crippen LogP contribution in [0.25, 0.3) is 0 Å². The summed E-state index contributed by atoms with van der Waals surface area (Å²) in [5.41, 5.74) is 0.966. The molecule has 7 nitrogen and oxygen atoms in total. The van der Waals surface area contributed by atoms with Gasteiger partial charge in [-0.25, -0.2) is 4.68 Å². The summed E-state index contributed by atoms with van der Waals surface area (Å²) in [6.45, 7) is 0. The van der Waals surface area contributed by atoms with Gasteiger partial charge in [-0.2, -0.15) is 0 Å². The maximum atomic E-state index is 5.52. The molecule has 2 aromatic rings. The minimum Gasteiger partial charge on any atom is -0.493 e. The summed E-state index contributed by atoms with van der Waals surface area (Å²) in [5.74, 6) is 2.25. The largest absolute Gasteiger partial charge is 0.493 e. The van der Waals surface area contributed by atoms with Gasteiger partial charge >= 0.3 is 0 Å². The molecule has 0 radical (unpaired) electrons. The molecule has 0 bridgehead atoms. The summed E-state index contributed by atoms with van der Waals surface area (Å²) in [6, 6.07) is 5.75. The Bertz CT molecular complexity index is 674. The summed E-state index contributed by atoms with van der Waals surface area (Å²) in [5, 5.41) is 11.4. The van der Waals surface area contributed by atoms with Crippen molar-refractivity contribution in [2.45, 2.75) is 19.3 Å². The van der Waals surface area contributed by atoms with E-state index < -0.39 is 0 Å². The maximum Gasteiger partial charge on any atom is 0.162 e. The molecule has 0 atom stereocenters. The van der Waals surface area contributed by atoms with Gasteiger partial charge in [-0.15, -0.1) is 5.10 Å². The first-order valence-electron chi connectivity index (χ1n) is 7.26. The van der Waals surface area contributed by atoms with Crippen LogP contribution in [0.2, 0.25) is 0 Å². The van der Waals surface area contributed by atoms with E-state index in [-0.39, 0.29) is 0 Å². The van der Waals surface area contributed by atoms with E-state index in [1.54, 1.807) is 18.9 Å². The lowest BCUT2D eigenvalue weighted by molar-refractivity contribution is 0.355. The molecule has 0 N–H and O–H groups in total. The standard InChI is InChI=1S/C15H21N5O2S/c1-19(11-8-9-12(21-3)13(10-11)22-4)15(23)7-5-6-14-16-17-18-20(14)2/h8-10H,5-7H2,1-4H3. The van der Waals surface area contributed by atoms with Crippen LogP contribution in [-0.2, 0) is 13.5 Å². The molecule has 0 aliphatic rings. The molecule has 0 spiro atoms. The van der Waals surface area contributed by atoms with Crippen molar-refractivity contribution in [3.8, 4) is 11.5 Å². The van der Waals surface area contributed by atoms with E-state index in [4.69, 9.17) is 21.7 Å². The molecule has 0 amide bonds. The van der Waals surface area contributed by atoms with Crippen molar-refractivity contribution in [3.63, 3.8) is 0 Å². The van der Waals surface area contributed by atoms with Crippen LogP contribution in [0.15, 0.2) is 18.2 Å². The number of tetrazole rings is 1. The second kappa shape index (κ2) is 7.87. The van der Waals surface area contributed by atoms with Crippen molar-refractivity contribution in [2.75, 3.05) is 26.2 Å². The number of hydrogen-bond donors (Lipinski definition) is 0. The van der Waals surface area contributed by atoms with Crippen LogP contribution < -0.4 is 14.4 Å². The summed E-state index contributed by atoms with van der Waals surface area (Å²) in [4.78, 5) is 2.83. The fourth-order valence-electron chi connectivity index (χ4n) is 2.20. The number of anilines is 1. The lowest BCUT2D eigenvalue weighted by Gasteiger charge is -2.21. The van der Waals surface area contributed by atoms with Crippen LogP contribution in [0, 0.1) is 0 Å². The van der Waals surface area contributed by atoms with Gasteiger partial charge in [0.05, 0.1) is 19.2 Å². The van der Waals surface area contributed by atoms with Crippen molar-refractivity contribution < 1.29 is 9.47 Å². The Hall–Kier alpha value is -2.22. The van der Waals surface area contributed by atoms with Crippen molar-refractivity contribution in [2.24, 2.45) is 7.05 Å². The molecule has 0 fully saturated rings. The molecule has 0 aliphatic heterocycles. The summed E-state index contributed by atoms with van der Waals surface area (Å²) >= 11 is 5.52. The van der Waals surface area contributed by atoms with Crippen molar-refractivity contribution in [1.29, 1.82) is 0 Å². The first kappa shape index (κ1) is 17.1. The molecule has 1 aromatic heterocycles. The van der Waals surface area contributed by atoms with Gasteiger partial charge in [0, 0.05) is 32.3 Å². The van der Waals surface area contributed by atoms with E-state index in [1.165, 1.54) is 0 Å². The molecule has 1 aromatic carbocycles. The van der Waals surface area contributed by atoms with E-state index in [0.29, 0.717) is 11.5 Å². The molecule has 0 aliphatic carbocycles. The highest BCUT2D eigenvalue weighted by atomic mass is 32.1. The fraction of sp³-hybridized carbons (Fsp3) is 0.467. The second-order valence-corrected chi connectivity index (χ2v) is 5.54. The molecule has 2 rings (SSSR count). The van der Waals surface area contributed by atoms with Gasteiger partial charge in [0.2, 0.25) is 0 Å². The molecule has 23 heavy (non-hydrogen) atoms. The highest BCUT2D eigenvalue weighted by Crippen LogP contribution is 2.31. The molecule has 0 unspecified atom stereocenters. The molecular formula is C15H21N5O2S. The average molecular weight is 335 g/mol. The van der Waals surface area contributed by atoms with Crippen molar-refractivity contribution in [3.05, 3.63) is 24.0 Å². The molecule has 124 valence electrons. The van der Waals surface area contributed by atoms with Gasteiger partial charge in [-0.05, 0) is 35.4 Å². The van der Waals surface area contributed by atoms with E-state index in [0.717, 1.165) is 35.8 Å². The quantitative estimate of drug-likeness (QED) is 0.717. The predicted molar refractivity (Wildman–Crippen MR) is 92.3 cm³/mol. The summed E-state index contributed by atoms with van der Waals surface area (Å²) < 4.78 is 12.3. The predicted octanol–water partition coefficient (Wildman–Crippen LogP) is 2.01. The first-order chi connectivity index (χ1) is 11.1. The van der Waals surface area contributed by atoms with Gasteiger partial charge in [-0.1, -0.05) is 12.2 Å². The first-order valence-corrected chi connectivity index (χ1v) is 7.67. The number of methoxy groups -OCH3 is 2. The summed E-state index contributed by atoms with van der Waals surface area (Å²) in [6.07, 6.45) is 2.47. The number of hydrogen-bond acceptors (Lipinski definition) is 6. The lowest BCUT2D eigenvalue weighted by atomic mass is 10.2. The Kier molecular flexibility index (Phi) is 5.86. The van der Waals surface area contributed by atoms with Crippen LogP contribution in [0.3, 0.4) is 0 Å². The van der Waals surface area contributed by atoms with Crippen LogP contribution in [-0.4, -0.2) is 46.5 Å². The normalized spacial score (nSPS) is 10.4. The third-order valence-electron chi connectivity index (χ3n) is 3.63. The van der Waals surface area contributed by atoms with Crippen molar-refractivity contribution in [1.82, 2.24) is 20.2 Å². The zero-order valence-electron chi connectivity index (χ0n) is 13.8. The van der Waals surface area contributed by atoms with E-state index in [9.17, 15) is 0 Å².